The first kappa shape index (κ1) is 19.4. The van der Waals surface area contributed by atoms with Crippen LogP contribution < -0.4 is 9.47 Å². The fourth-order valence-electron chi connectivity index (χ4n) is 5.95. The largest absolute Gasteiger partial charge is 0.364 e. The topological polar surface area (TPSA) is 16.4 Å². The molecule has 0 fully saturated rings. The maximum absolute atomic E-state index is 7.11. The number of nitrogens with zero attached hydrogens (tertiary/aromatic N) is 2. The van der Waals surface area contributed by atoms with Crippen molar-refractivity contribution in [3.8, 4) is 0 Å². The second-order valence-electron chi connectivity index (χ2n) is 10.9. The Kier molecular flexibility index (Phi) is 3.81. The van der Waals surface area contributed by atoms with Gasteiger partial charge in [-0.15, -0.1) is 0 Å². The fourth-order valence-corrected chi connectivity index (χ4v) is 8.34. The van der Waals surface area contributed by atoms with E-state index in [0.717, 1.165) is 13.1 Å². The van der Waals surface area contributed by atoms with Crippen LogP contribution in [-0.2, 0) is 11.3 Å². The molecule has 0 amide bonds. The summed E-state index contributed by atoms with van der Waals surface area (Å²) < 4.78 is 11.0. The number of hydrogen-bond donors (Lipinski definition) is 0. The van der Waals surface area contributed by atoms with E-state index in [-0.39, 0.29) is 23.0 Å². The number of thiazole rings is 1. The molecule has 3 nitrogen and oxygen atoms in total. The molecule has 2 atom stereocenters. The van der Waals surface area contributed by atoms with Gasteiger partial charge in [0.2, 0.25) is 5.52 Å². The average molecular weight is 460 g/mol. The third-order valence-electron chi connectivity index (χ3n) is 7.41. The fraction of sp³-hybridized carbons (Fsp3) is 0.370. The molecule has 0 saturated heterocycles. The van der Waals surface area contributed by atoms with Gasteiger partial charge in [0, 0.05) is 28.5 Å². The van der Waals surface area contributed by atoms with Crippen molar-refractivity contribution in [2.75, 3.05) is 11.4 Å². The molecule has 0 N–H and O–H groups in total. The van der Waals surface area contributed by atoms with E-state index in [0.29, 0.717) is 0 Å². The quantitative estimate of drug-likeness (QED) is 0.370. The van der Waals surface area contributed by atoms with Crippen molar-refractivity contribution in [1.29, 1.82) is 0 Å². The molecule has 3 aromatic rings. The number of hydrogen-bond acceptors (Lipinski definition) is 4. The Morgan fingerprint density at radius 1 is 0.969 bits per heavy atom. The summed E-state index contributed by atoms with van der Waals surface area (Å²) in [6.45, 7) is 11.4. The van der Waals surface area contributed by atoms with Crippen LogP contribution in [-0.4, -0.2) is 18.8 Å². The second kappa shape index (κ2) is 6.28. The Bertz CT molecular complexity index is 1360. The molecule has 0 saturated carbocycles. The lowest BCUT2D eigenvalue weighted by Crippen LogP contribution is -2.58. The van der Waals surface area contributed by atoms with Gasteiger partial charge >= 0.3 is 0 Å². The molecule has 32 heavy (non-hydrogen) atoms. The molecule has 2 aromatic carbocycles. The van der Waals surface area contributed by atoms with E-state index in [9.17, 15) is 0 Å². The Morgan fingerprint density at radius 2 is 1.75 bits per heavy atom. The molecular formula is C27H27N2OS2+. The molecule has 4 aliphatic heterocycles. The van der Waals surface area contributed by atoms with Crippen LogP contribution in [0.3, 0.4) is 0 Å². The van der Waals surface area contributed by atoms with Gasteiger partial charge in [0.05, 0.1) is 27.8 Å². The number of rotatable bonds is 0. The Morgan fingerprint density at radius 3 is 2.62 bits per heavy atom. The Labute approximate surface area is 197 Å². The molecule has 1 aromatic heterocycles. The summed E-state index contributed by atoms with van der Waals surface area (Å²) in [4.78, 5) is 3.88. The highest BCUT2D eigenvalue weighted by atomic mass is 32.2. The molecule has 7 rings (SSSR count). The highest BCUT2D eigenvalue weighted by molar-refractivity contribution is 8.03. The second-order valence-corrected chi connectivity index (χ2v) is 12.9. The van der Waals surface area contributed by atoms with Gasteiger partial charge < -0.3 is 9.64 Å². The van der Waals surface area contributed by atoms with Crippen molar-refractivity contribution in [2.24, 2.45) is 10.8 Å². The molecule has 4 aliphatic rings. The maximum Gasteiger partial charge on any atom is 0.268 e. The van der Waals surface area contributed by atoms with Crippen LogP contribution in [0.2, 0.25) is 0 Å². The number of para-hydroxylation sites is 2. The summed E-state index contributed by atoms with van der Waals surface area (Å²) in [7, 11) is 0. The van der Waals surface area contributed by atoms with Crippen LogP contribution in [0, 0.1) is 10.8 Å². The van der Waals surface area contributed by atoms with Crippen LogP contribution >= 0.6 is 23.1 Å². The highest BCUT2D eigenvalue weighted by Crippen LogP contribution is 2.56. The monoisotopic (exact) mass is 459 g/mol. The first-order valence-electron chi connectivity index (χ1n) is 11.4. The minimum absolute atomic E-state index is 0.0303. The van der Waals surface area contributed by atoms with Gasteiger partial charge in [-0.3, -0.25) is 0 Å². The summed E-state index contributed by atoms with van der Waals surface area (Å²) in [6.07, 6.45) is 2.73. The summed E-state index contributed by atoms with van der Waals surface area (Å²) >= 11 is 3.82. The molecule has 5 heterocycles. The number of benzene rings is 2. The minimum Gasteiger partial charge on any atom is -0.364 e. The van der Waals surface area contributed by atoms with E-state index in [1.54, 1.807) is 0 Å². The lowest BCUT2D eigenvalue weighted by Gasteiger charge is -2.50. The number of anilines is 1. The van der Waals surface area contributed by atoms with Crippen molar-refractivity contribution in [2.45, 2.75) is 51.3 Å². The number of thioether (sulfide) groups is 1. The van der Waals surface area contributed by atoms with Crippen LogP contribution in [0.1, 0.15) is 32.7 Å². The van der Waals surface area contributed by atoms with Crippen molar-refractivity contribution in [3.05, 3.63) is 70.2 Å². The van der Waals surface area contributed by atoms with Crippen LogP contribution in [0.4, 0.5) is 5.69 Å². The third kappa shape index (κ3) is 2.50. The zero-order chi connectivity index (χ0) is 21.8. The van der Waals surface area contributed by atoms with Crippen molar-refractivity contribution in [1.82, 2.24) is 0 Å². The summed E-state index contributed by atoms with van der Waals surface area (Å²) in [5.74, 6) is 0. The average Bonchev–Trinajstić information content (AvgIpc) is 3.31. The summed E-state index contributed by atoms with van der Waals surface area (Å²) in [5.41, 5.74) is 5.46. The van der Waals surface area contributed by atoms with Gasteiger partial charge in [-0.25, -0.2) is 0 Å². The first-order chi connectivity index (χ1) is 15.3. The lowest BCUT2D eigenvalue weighted by molar-refractivity contribution is -0.688. The zero-order valence-electron chi connectivity index (χ0n) is 18.9. The zero-order valence-corrected chi connectivity index (χ0v) is 20.5. The lowest BCUT2D eigenvalue weighted by atomic mass is 9.73. The number of ether oxygens (including phenoxy) is 1. The predicted molar refractivity (Wildman–Crippen MR) is 133 cm³/mol. The molecule has 0 bridgehead atoms. The van der Waals surface area contributed by atoms with Gasteiger partial charge in [0.1, 0.15) is 10.8 Å². The van der Waals surface area contributed by atoms with E-state index in [1.165, 1.54) is 42.0 Å². The van der Waals surface area contributed by atoms with Crippen molar-refractivity contribution < 1.29 is 9.30 Å². The van der Waals surface area contributed by atoms with Gasteiger partial charge in [-0.1, -0.05) is 75.1 Å². The van der Waals surface area contributed by atoms with E-state index in [1.807, 2.05) is 23.1 Å². The first-order valence-corrected chi connectivity index (χ1v) is 13.0. The number of aromatic nitrogens is 1. The van der Waals surface area contributed by atoms with E-state index < -0.39 is 0 Å². The number of fused-ring (bicyclic) bond motifs is 9. The molecule has 0 radical (unpaired) electrons. The standard InChI is InChI=1S/C27H27N2OS2/c1-26(2)14-28-18-9-5-7-11-20(18)31-24(28)16-13-17-23(30-22(16)26)27(3,4)15-29-19-10-6-8-12-21(19)32-25(17)29/h5-13,22-23H,14-15H2,1-4H3/q+1. The van der Waals surface area contributed by atoms with E-state index in [2.05, 4.69) is 91.8 Å². The smallest absolute Gasteiger partial charge is 0.268 e. The molecule has 0 spiro atoms. The highest BCUT2D eigenvalue weighted by Gasteiger charge is 2.54. The molecule has 2 unspecified atom stereocenters. The Balaban J connectivity index is 1.48. The minimum atomic E-state index is 0.0303. The summed E-state index contributed by atoms with van der Waals surface area (Å²) in [6, 6.07) is 17.6. The third-order valence-corrected chi connectivity index (χ3v) is 9.84. The SMILES string of the molecule is CC1(C)C[n+]2c(sc3ccccc32)C2=CC3=C4Sc5ccccc5N4CC(C)(C)C3OC21. The molecule has 162 valence electrons. The van der Waals surface area contributed by atoms with Gasteiger partial charge in [-0.05, 0) is 24.3 Å². The maximum atomic E-state index is 7.11. The molecule has 5 heteroatoms. The van der Waals surface area contributed by atoms with E-state index in [4.69, 9.17) is 4.74 Å². The predicted octanol–water partition coefficient (Wildman–Crippen LogP) is 6.24. The van der Waals surface area contributed by atoms with Crippen LogP contribution in [0.5, 0.6) is 0 Å². The van der Waals surface area contributed by atoms with Crippen molar-refractivity contribution >= 4 is 44.6 Å². The van der Waals surface area contributed by atoms with E-state index >= 15 is 0 Å². The van der Waals surface area contributed by atoms with Gasteiger partial charge in [-0.2, -0.15) is 4.57 Å². The van der Waals surface area contributed by atoms with Gasteiger partial charge in [0.25, 0.3) is 5.01 Å². The molecule has 0 aliphatic carbocycles. The normalized spacial score (nSPS) is 26.8. The van der Waals surface area contributed by atoms with Crippen LogP contribution in [0.25, 0.3) is 15.8 Å². The van der Waals surface area contributed by atoms with Crippen LogP contribution in [0.15, 0.2) is 70.1 Å². The van der Waals surface area contributed by atoms with Crippen molar-refractivity contribution in [3.63, 3.8) is 0 Å². The molecular weight excluding hydrogens is 432 g/mol. The van der Waals surface area contributed by atoms with Gasteiger partial charge in [0.15, 0.2) is 6.54 Å². The summed E-state index contributed by atoms with van der Waals surface area (Å²) in [5, 5.41) is 2.72. The Hall–Kier alpha value is -2.08.